The number of halogens is 2. The molecule has 10 heteroatoms. The van der Waals surface area contributed by atoms with Gasteiger partial charge in [-0.25, -0.2) is 13.6 Å². The molecule has 2 amide bonds. The first-order valence-corrected chi connectivity index (χ1v) is 10.3. The highest BCUT2D eigenvalue weighted by molar-refractivity contribution is 6.42. The Kier molecular flexibility index (Phi) is 7.40. The van der Waals surface area contributed by atoms with E-state index in [1.807, 2.05) is 0 Å². The van der Waals surface area contributed by atoms with Crippen LogP contribution in [0.2, 0.25) is 0 Å². The fourth-order valence-electron chi connectivity index (χ4n) is 3.46. The van der Waals surface area contributed by atoms with Gasteiger partial charge in [0.25, 0.3) is 17.7 Å². The van der Waals surface area contributed by atoms with Crippen molar-refractivity contribution in [2.45, 2.75) is 19.3 Å². The molecule has 2 aromatic carbocycles. The largest absolute Gasteiger partial charge is 0.466 e. The summed E-state index contributed by atoms with van der Waals surface area (Å²) in [7, 11) is 2.43. The van der Waals surface area contributed by atoms with Crippen molar-refractivity contribution in [3.05, 3.63) is 65.7 Å². The normalized spacial score (nSPS) is 16.3. The van der Waals surface area contributed by atoms with Crippen molar-refractivity contribution in [2.75, 3.05) is 31.0 Å². The number of esters is 1. The van der Waals surface area contributed by atoms with Gasteiger partial charge in [0.1, 0.15) is 12.8 Å². The number of benzene rings is 2. The van der Waals surface area contributed by atoms with E-state index in [1.165, 1.54) is 49.3 Å². The third kappa shape index (κ3) is 5.28. The number of rotatable bonds is 5. The van der Waals surface area contributed by atoms with Crippen molar-refractivity contribution in [3.63, 3.8) is 0 Å². The van der Waals surface area contributed by atoms with Gasteiger partial charge in [-0.05, 0) is 37.3 Å². The van der Waals surface area contributed by atoms with Gasteiger partial charge in [0.05, 0.1) is 12.8 Å². The van der Waals surface area contributed by atoms with Gasteiger partial charge in [0.15, 0.2) is 0 Å². The van der Waals surface area contributed by atoms with E-state index in [-0.39, 0.29) is 29.1 Å². The summed E-state index contributed by atoms with van der Waals surface area (Å²) in [5, 5.41) is 6.16. The number of nitrogens with zero attached hydrogens (tertiary/aromatic N) is 2. The third-order valence-corrected chi connectivity index (χ3v) is 5.18. The molecule has 1 heterocycles. The number of oxime groups is 1. The van der Waals surface area contributed by atoms with Crippen LogP contribution in [0.1, 0.15) is 29.3 Å². The maximum atomic E-state index is 15.0. The van der Waals surface area contributed by atoms with Crippen LogP contribution in [-0.2, 0) is 19.2 Å². The van der Waals surface area contributed by atoms with Crippen molar-refractivity contribution >= 4 is 40.4 Å². The lowest BCUT2D eigenvalue weighted by Gasteiger charge is -2.23. The van der Waals surface area contributed by atoms with Crippen LogP contribution in [0.15, 0.2) is 59.8 Å². The molecule has 0 bridgehead atoms. The molecule has 0 unspecified atom stereocenters. The van der Waals surface area contributed by atoms with Gasteiger partial charge in [-0.15, -0.1) is 0 Å². The number of fused-ring (bicyclic) bond motifs is 1. The molecule has 34 heavy (non-hydrogen) atoms. The summed E-state index contributed by atoms with van der Waals surface area (Å²) in [4.78, 5) is 42.9. The number of para-hydroxylation sites is 1. The van der Waals surface area contributed by atoms with Crippen molar-refractivity contribution in [1.29, 1.82) is 0 Å². The Morgan fingerprint density at radius 3 is 2.41 bits per heavy atom. The topological polar surface area (TPSA) is 97.3 Å². The molecule has 8 nitrogen and oxygen atoms in total. The monoisotopic (exact) mass is 471 g/mol. The van der Waals surface area contributed by atoms with Crippen molar-refractivity contribution < 1.29 is 32.7 Å². The standard InChI is InChI=1S/C24H23F2N3O5/c1-15(28-34-3)22(31)27-17-10-8-16(9-11-17)23(32)29-13-12-24(25,26)19(14-21(30)33-2)18-6-4-5-7-20(18)29/h4-11,14H,12-13H2,1-3H3,(H,27,31)/b19-14-,28-15?. The number of ether oxygens (including phenoxy) is 1. The summed E-state index contributed by atoms with van der Waals surface area (Å²) in [5.41, 5.74) is 0.582. The molecule has 0 aromatic heterocycles. The van der Waals surface area contributed by atoms with Crippen LogP contribution in [0.5, 0.6) is 0 Å². The fraction of sp³-hybridized carbons (Fsp3) is 0.250. The minimum atomic E-state index is -3.35. The molecule has 0 atom stereocenters. The Bertz CT molecular complexity index is 1160. The van der Waals surface area contributed by atoms with E-state index >= 15 is 0 Å². The Balaban J connectivity index is 1.92. The molecule has 2 aromatic rings. The molecule has 3 rings (SSSR count). The zero-order valence-electron chi connectivity index (χ0n) is 18.8. The molecule has 1 aliphatic rings. The first-order valence-electron chi connectivity index (χ1n) is 10.3. The molecular formula is C24H23F2N3O5. The summed E-state index contributed by atoms with van der Waals surface area (Å²) >= 11 is 0. The van der Waals surface area contributed by atoms with E-state index < -0.39 is 35.7 Å². The Labute approximate surface area is 194 Å². The second-order valence-corrected chi connectivity index (χ2v) is 7.40. The van der Waals surface area contributed by atoms with Crippen molar-refractivity contribution in [2.24, 2.45) is 5.16 Å². The van der Waals surface area contributed by atoms with Crippen LogP contribution in [0.4, 0.5) is 20.2 Å². The number of hydrogen-bond donors (Lipinski definition) is 1. The maximum absolute atomic E-state index is 15.0. The van der Waals surface area contributed by atoms with E-state index in [4.69, 9.17) is 0 Å². The summed E-state index contributed by atoms with van der Waals surface area (Å²) < 4.78 is 34.5. The lowest BCUT2D eigenvalue weighted by Crippen LogP contribution is -2.33. The van der Waals surface area contributed by atoms with Gasteiger partial charge < -0.3 is 19.8 Å². The summed E-state index contributed by atoms with van der Waals surface area (Å²) in [5.74, 6) is -5.24. The molecule has 0 saturated heterocycles. The molecule has 0 spiro atoms. The molecule has 178 valence electrons. The first kappa shape index (κ1) is 24.6. The molecule has 1 aliphatic heterocycles. The smallest absolute Gasteiger partial charge is 0.330 e. The summed E-state index contributed by atoms with van der Waals surface area (Å²) in [6, 6.07) is 12.2. The fourth-order valence-corrected chi connectivity index (χ4v) is 3.46. The quantitative estimate of drug-likeness (QED) is 0.309. The third-order valence-electron chi connectivity index (χ3n) is 5.18. The number of methoxy groups -OCH3 is 1. The van der Waals surface area contributed by atoms with Crippen LogP contribution >= 0.6 is 0 Å². The number of hydrogen-bond acceptors (Lipinski definition) is 6. The van der Waals surface area contributed by atoms with E-state index in [2.05, 4.69) is 20.0 Å². The number of alkyl halides is 2. The number of anilines is 2. The van der Waals surface area contributed by atoms with Gasteiger partial charge in [0.2, 0.25) is 0 Å². The highest BCUT2D eigenvalue weighted by atomic mass is 19.3. The van der Waals surface area contributed by atoms with Crippen LogP contribution in [-0.4, -0.2) is 50.2 Å². The van der Waals surface area contributed by atoms with Crippen molar-refractivity contribution in [1.82, 2.24) is 0 Å². The molecule has 0 saturated carbocycles. The average molecular weight is 471 g/mol. The van der Waals surface area contributed by atoms with Gasteiger partial charge >= 0.3 is 5.97 Å². The lowest BCUT2D eigenvalue weighted by molar-refractivity contribution is -0.134. The second kappa shape index (κ2) is 10.2. The summed E-state index contributed by atoms with van der Waals surface area (Å²) in [6.45, 7) is 1.21. The minimum Gasteiger partial charge on any atom is -0.466 e. The van der Waals surface area contributed by atoms with E-state index in [9.17, 15) is 23.2 Å². The van der Waals surface area contributed by atoms with Gasteiger partial charge in [-0.2, -0.15) is 0 Å². The second-order valence-electron chi connectivity index (χ2n) is 7.40. The SMILES string of the molecule is CON=C(C)C(=O)Nc1ccc(C(=O)N2CCC(F)(F)/C(=C\C(=O)OC)c3ccccc32)cc1. The molecule has 0 radical (unpaired) electrons. The molecule has 1 N–H and O–H groups in total. The maximum Gasteiger partial charge on any atom is 0.330 e. The Hall–Kier alpha value is -4.08. The first-order chi connectivity index (χ1) is 16.2. The molecule has 0 aliphatic carbocycles. The number of allylic oxidation sites excluding steroid dienone is 1. The number of nitrogens with one attached hydrogen (secondary N) is 1. The lowest BCUT2D eigenvalue weighted by atomic mass is 9.97. The highest BCUT2D eigenvalue weighted by Gasteiger charge is 2.41. The van der Waals surface area contributed by atoms with Crippen LogP contribution in [0.3, 0.4) is 0 Å². The molecular weight excluding hydrogens is 448 g/mol. The van der Waals surface area contributed by atoms with Gasteiger partial charge in [-0.3, -0.25) is 9.59 Å². The van der Waals surface area contributed by atoms with E-state index in [0.29, 0.717) is 5.69 Å². The van der Waals surface area contributed by atoms with Gasteiger partial charge in [0, 0.05) is 41.4 Å². The van der Waals surface area contributed by atoms with Gasteiger partial charge in [-0.1, -0.05) is 23.4 Å². The Morgan fingerprint density at radius 2 is 1.76 bits per heavy atom. The average Bonchev–Trinajstić information content (AvgIpc) is 2.93. The number of carbonyl (C=O) groups excluding carboxylic acids is 3. The van der Waals surface area contributed by atoms with Crippen LogP contribution in [0.25, 0.3) is 5.57 Å². The van der Waals surface area contributed by atoms with Crippen molar-refractivity contribution in [3.8, 4) is 0 Å². The van der Waals surface area contributed by atoms with Crippen LogP contribution < -0.4 is 10.2 Å². The zero-order valence-corrected chi connectivity index (χ0v) is 18.8. The predicted molar refractivity (Wildman–Crippen MR) is 123 cm³/mol. The molecule has 0 fully saturated rings. The Morgan fingerprint density at radius 1 is 1.09 bits per heavy atom. The number of amides is 2. The van der Waals surface area contributed by atoms with E-state index in [1.54, 1.807) is 18.2 Å². The minimum absolute atomic E-state index is 0.0699. The van der Waals surface area contributed by atoms with E-state index in [0.717, 1.165) is 13.2 Å². The highest BCUT2D eigenvalue weighted by Crippen LogP contribution is 2.43. The summed E-state index contributed by atoms with van der Waals surface area (Å²) in [6.07, 6.45) is 0.0850. The van der Waals surface area contributed by atoms with Crippen LogP contribution in [0, 0.1) is 0 Å². The zero-order chi connectivity index (χ0) is 24.9. The predicted octanol–water partition coefficient (Wildman–Crippen LogP) is 3.89. The number of carbonyl (C=O) groups is 3.